The van der Waals surface area contributed by atoms with E-state index in [-0.39, 0.29) is 6.04 Å². The first kappa shape index (κ1) is 16.1. The maximum absolute atomic E-state index is 13.4. The van der Waals surface area contributed by atoms with Crippen molar-refractivity contribution in [1.82, 2.24) is 10.0 Å². The SMILES string of the molecule is CC(C)NC(=O)CNS(=O)(=O)c1cccc(F)c1C#N. The quantitative estimate of drug-likeness (QED) is 0.827. The Morgan fingerprint density at radius 2 is 2.10 bits per heavy atom. The van der Waals surface area contributed by atoms with Crippen LogP contribution in [0.1, 0.15) is 19.4 Å². The predicted molar refractivity (Wildman–Crippen MR) is 69.6 cm³/mol. The van der Waals surface area contributed by atoms with Crippen LogP contribution in [0.25, 0.3) is 0 Å². The first-order chi connectivity index (χ1) is 9.27. The lowest BCUT2D eigenvalue weighted by Gasteiger charge is -2.10. The number of carbonyl (C=O) groups excluding carboxylic acids is 1. The Morgan fingerprint density at radius 3 is 2.65 bits per heavy atom. The Kier molecular flexibility index (Phi) is 5.19. The van der Waals surface area contributed by atoms with Gasteiger partial charge < -0.3 is 5.32 Å². The third kappa shape index (κ3) is 4.01. The van der Waals surface area contributed by atoms with Crippen molar-refractivity contribution in [3.8, 4) is 6.07 Å². The molecule has 0 unspecified atom stereocenters. The lowest BCUT2D eigenvalue weighted by atomic mass is 10.2. The molecule has 0 aromatic heterocycles. The summed E-state index contributed by atoms with van der Waals surface area (Å²) in [6, 6.07) is 4.64. The van der Waals surface area contributed by atoms with E-state index in [9.17, 15) is 17.6 Å². The molecule has 0 aliphatic rings. The molecule has 0 bridgehead atoms. The Bertz CT molecular complexity index is 650. The van der Waals surface area contributed by atoms with Crippen molar-refractivity contribution >= 4 is 15.9 Å². The molecule has 0 spiro atoms. The highest BCUT2D eigenvalue weighted by Gasteiger charge is 2.21. The highest BCUT2D eigenvalue weighted by Crippen LogP contribution is 2.17. The van der Waals surface area contributed by atoms with Crippen molar-refractivity contribution in [1.29, 1.82) is 5.26 Å². The minimum absolute atomic E-state index is 0.129. The number of nitrogens with zero attached hydrogens (tertiary/aromatic N) is 1. The third-order valence-electron chi connectivity index (χ3n) is 2.25. The van der Waals surface area contributed by atoms with Crippen molar-refractivity contribution in [2.75, 3.05) is 6.54 Å². The van der Waals surface area contributed by atoms with E-state index in [2.05, 4.69) is 5.32 Å². The molecule has 1 rings (SSSR count). The standard InChI is InChI=1S/C12H14FN3O3S/c1-8(2)16-12(17)7-15-20(18,19)11-5-3-4-10(13)9(11)6-14/h3-5,8,15H,7H2,1-2H3,(H,16,17). The molecule has 0 radical (unpaired) electrons. The minimum Gasteiger partial charge on any atom is -0.353 e. The zero-order chi connectivity index (χ0) is 15.3. The molecule has 1 aromatic carbocycles. The molecule has 108 valence electrons. The van der Waals surface area contributed by atoms with E-state index in [0.717, 1.165) is 12.1 Å². The lowest BCUT2D eigenvalue weighted by Crippen LogP contribution is -2.39. The topological polar surface area (TPSA) is 99.1 Å². The molecular weight excluding hydrogens is 285 g/mol. The number of benzene rings is 1. The normalized spacial score (nSPS) is 11.2. The van der Waals surface area contributed by atoms with E-state index in [0.29, 0.717) is 0 Å². The molecule has 1 amide bonds. The highest BCUT2D eigenvalue weighted by molar-refractivity contribution is 7.89. The molecule has 0 saturated heterocycles. The van der Waals surface area contributed by atoms with Crippen LogP contribution in [0.2, 0.25) is 0 Å². The summed E-state index contributed by atoms with van der Waals surface area (Å²) in [6.07, 6.45) is 0. The van der Waals surface area contributed by atoms with Crippen LogP contribution >= 0.6 is 0 Å². The summed E-state index contributed by atoms with van der Waals surface area (Å²) < 4.78 is 39.3. The number of hydrogen-bond donors (Lipinski definition) is 2. The van der Waals surface area contributed by atoms with Crippen LogP contribution in [0.4, 0.5) is 4.39 Å². The molecule has 0 fully saturated rings. The second-order valence-electron chi connectivity index (χ2n) is 4.27. The highest BCUT2D eigenvalue weighted by atomic mass is 32.2. The average molecular weight is 299 g/mol. The van der Waals surface area contributed by atoms with Crippen molar-refractivity contribution < 1.29 is 17.6 Å². The van der Waals surface area contributed by atoms with Gasteiger partial charge in [-0.15, -0.1) is 0 Å². The van der Waals surface area contributed by atoms with Gasteiger partial charge in [0.1, 0.15) is 22.3 Å². The first-order valence-electron chi connectivity index (χ1n) is 5.75. The smallest absolute Gasteiger partial charge is 0.242 e. The summed E-state index contributed by atoms with van der Waals surface area (Å²) >= 11 is 0. The van der Waals surface area contributed by atoms with Crippen LogP contribution in [0, 0.1) is 17.1 Å². The summed E-state index contributed by atoms with van der Waals surface area (Å²) in [6.45, 7) is 2.97. The number of nitriles is 1. The fraction of sp³-hybridized carbons (Fsp3) is 0.333. The monoisotopic (exact) mass is 299 g/mol. The Balaban J connectivity index is 2.94. The fourth-order valence-corrected chi connectivity index (χ4v) is 2.59. The van der Waals surface area contributed by atoms with Crippen LogP contribution in [-0.4, -0.2) is 26.9 Å². The maximum atomic E-state index is 13.4. The molecule has 0 aliphatic carbocycles. The van der Waals surface area contributed by atoms with E-state index in [1.165, 1.54) is 12.1 Å². The maximum Gasteiger partial charge on any atom is 0.242 e. The van der Waals surface area contributed by atoms with Gasteiger partial charge in [0.2, 0.25) is 15.9 Å². The Morgan fingerprint density at radius 1 is 1.45 bits per heavy atom. The van der Waals surface area contributed by atoms with Crippen LogP contribution in [0.5, 0.6) is 0 Å². The van der Waals surface area contributed by atoms with E-state index in [4.69, 9.17) is 5.26 Å². The molecule has 0 heterocycles. The van der Waals surface area contributed by atoms with Gasteiger partial charge in [0.25, 0.3) is 0 Å². The van der Waals surface area contributed by atoms with Gasteiger partial charge in [-0.3, -0.25) is 4.79 Å². The van der Waals surface area contributed by atoms with Gasteiger partial charge in [0, 0.05) is 6.04 Å². The second-order valence-corrected chi connectivity index (χ2v) is 6.01. The summed E-state index contributed by atoms with van der Waals surface area (Å²) in [5.41, 5.74) is -0.579. The van der Waals surface area contributed by atoms with Crippen LogP contribution in [-0.2, 0) is 14.8 Å². The molecular formula is C12H14FN3O3S. The van der Waals surface area contributed by atoms with Crippen LogP contribution in [0.3, 0.4) is 0 Å². The number of rotatable bonds is 5. The third-order valence-corrected chi connectivity index (χ3v) is 3.69. The van der Waals surface area contributed by atoms with Gasteiger partial charge in [0.05, 0.1) is 6.54 Å². The van der Waals surface area contributed by atoms with Gasteiger partial charge in [-0.1, -0.05) is 6.07 Å². The fourth-order valence-electron chi connectivity index (χ4n) is 1.45. The number of hydrogen-bond acceptors (Lipinski definition) is 4. The number of nitrogens with one attached hydrogen (secondary N) is 2. The lowest BCUT2D eigenvalue weighted by molar-refractivity contribution is -0.120. The predicted octanol–water partition coefficient (Wildman–Crippen LogP) is 0.500. The van der Waals surface area contributed by atoms with Crippen molar-refractivity contribution in [3.63, 3.8) is 0 Å². The van der Waals surface area contributed by atoms with E-state index < -0.39 is 38.8 Å². The molecule has 0 atom stereocenters. The van der Waals surface area contributed by atoms with Crippen molar-refractivity contribution in [2.45, 2.75) is 24.8 Å². The molecule has 0 aliphatic heterocycles. The summed E-state index contributed by atoms with van der Waals surface area (Å²) in [4.78, 5) is 10.9. The summed E-state index contributed by atoms with van der Waals surface area (Å²) in [5, 5.41) is 11.3. The van der Waals surface area contributed by atoms with Crippen molar-refractivity contribution in [3.05, 3.63) is 29.6 Å². The van der Waals surface area contributed by atoms with Gasteiger partial charge in [-0.05, 0) is 26.0 Å². The molecule has 20 heavy (non-hydrogen) atoms. The second kappa shape index (κ2) is 6.45. The van der Waals surface area contributed by atoms with E-state index in [1.54, 1.807) is 13.8 Å². The average Bonchev–Trinajstić information content (AvgIpc) is 2.35. The zero-order valence-corrected chi connectivity index (χ0v) is 11.8. The Hall–Kier alpha value is -1.98. The first-order valence-corrected chi connectivity index (χ1v) is 7.24. The minimum atomic E-state index is -4.13. The molecule has 8 heteroatoms. The number of halogens is 1. The molecule has 0 saturated carbocycles. The van der Waals surface area contributed by atoms with Crippen LogP contribution < -0.4 is 10.0 Å². The van der Waals surface area contributed by atoms with Gasteiger partial charge in [-0.25, -0.2) is 17.5 Å². The van der Waals surface area contributed by atoms with Crippen molar-refractivity contribution in [2.24, 2.45) is 0 Å². The zero-order valence-electron chi connectivity index (χ0n) is 11.0. The largest absolute Gasteiger partial charge is 0.353 e. The van der Waals surface area contributed by atoms with Crippen LogP contribution in [0.15, 0.2) is 23.1 Å². The van der Waals surface area contributed by atoms with E-state index in [1.807, 2.05) is 4.72 Å². The summed E-state index contributed by atoms with van der Waals surface area (Å²) in [5.74, 6) is -1.44. The molecule has 1 aromatic rings. The number of sulfonamides is 1. The molecule has 2 N–H and O–H groups in total. The molecule has 6 nitrogen and oxygen atoms in total. The Labute approximate surface area is 116 Å². The van der Waals surface area contributed by atoms with Gasteiger partial charge in [0.15, 0.2) is 0 Å². The number of carbonyl (C=O) groups is 1. The van der Waals surface area contributed by atoms with Gasteiger partial charge in [-0.2, -0.15) is 5.26 Å². The van der Waals surface area contributed by atoms with E-state index >= 15 is 0 Å². The van der Waals surface area contributed by atoms with Gasteiger partial charge >= 0.3 is 0 Å². The number of amides is 1. The summed E-state index contributed by atoms with van der Waals surface area (Å²) in [7, 11) is -4.13.